The second kappa shape index (κ2) is 6.13. The summed E-state index contributed by atoms with van der Waals surface area (Å²) in [5.74, 6) is -0.370. The summed E-state index contributed by atoms with van der Waals surface area (Å²) in [6.45, 7) is 1.97. The SMILES string of the molecule is Cc1cccc(NC(=O)c2cc3ccc4c5ccccc5[nH]c4c3cc2O)c1. The van der Waals surface area contributed by atoms with E-state index < -0.39 is 0 Å². The van der Waals surface area contributed by atoms with Gasteiger partial charge in [0.15, 0.2) is 0 Å². The summed E-state index contributed by atoms with van der Waals surface area (Å²) in [6.07, 6.45) is 0. The van der Waals surface area contributed by atoms with Crippen LogP contribution < -0.4 is 5.32 Å². The second-order valence-corrected chi connectivity index (χ2v) is 7.07. The van der Waals surface area contributed by atoms with Gasteiger partial charge in [-0.05, 0) is 48.2 Å². The van der Waals surface area contributed by atoms with Crippen molar-refractivity contribution >= 4 is 44.2 Å². The molecule has 5 rings (SSSR count). The van der Waals surface area contributed by atoms with Gasteiger partial charge in [-0.3, -0.25) is 4.79 Å². The van der Waals surface area contributed by atoms with E-state index in [-0.39, 0.29) is 17.2 Å². The number of anilines is 1. The van der Waals surface area contributed by atoms with Crippen molar-refractivity contribution in [1.82, 2.24) is 4.98 Å². The summed E-state index contributed by atoms with van der Waals surface area (Å²) in [5.41, 5.74) is 4.02. The number of phenols is 1. The minimum absolute atomic E-state index is 0.0381. The normalized spacial score (nSPS) is 11.3. The third-order valence-electron chi connectivity index (χ3n) is 5.13. The molecule has 0 atom stereocenters. The van der Waals surface area contributed by atoms with Gasteiger partial charge in [-0.2, -0.15) is 0 Å². The largest absolute Gasteiger partial charge is 0.507 e. The summed E-state index contributed by atoms with van der Waals surface area (Å²) in [5, 5.41) is 17.4. The highest BCUT2D eigenvalue weighted by molar-refractivity contribution is 6.18. The number of aryl methyl sites for hydroxylation is 1. The molecule has 1 heterocycles. The van der Waals surface area contributed by atoms with Crippen LogP contribution in [0.25, 0.3) is 32.6 Å². The minimum atomic E-state index is -0.332. The Bertz CT molecular complexity index is 1380. The number of rotatable bonds is 2. The quantitative estimate of drug-likeness (QED) is 0.373. The van der Waals surface area contributed by atoms with Crippen molar-refractivity contribution in [2.75, 3.05) is 5.32 Å². The molecule has 136 valence electrons. The molecular formula is C24H18N2O2. The smallest absolute Gasteiger partial charge is 0.259 e. The number of aromatic nitrogens is 1. The molecule has 4 nitrogen and oxygen atoms in total. The highest BCUT2D eigenvalue weighted by Gasteiger charge is 2.15. The molecule has 28 heavy (non-hydrogen) atoms. The Kier molecular flexibility index (Phi) is 3.59. The topological polar surface area (TPSA) is 65.1 Å². The van der Waals surface area contributed by atoms with Gasteiger partial charge in [-0.15, -0.1) is 0 Å². The molecule has 0 aliphatic rings. The number of carbonyl (C=O) groups is 1. The number of carbonyl (C=O) groups excluding carboxylic acids is 1. The maximum atomic E-state index is 12.7. The van der Waals surface area contributed by atoms with Crippen LogP contribution in [0.4, 0.5) is 5.69 Å². The molecule has 3 N–H and O–H groups in total. The number of hydrogen-bond donors (Lipinski definition) is 3. The lowest BCUT2D eigenvalue weighted by Crippen LogP contribution is -2.12. The number of aromatic amines is 1. The summed E-state index contributed by atoms with van der Waals surface area (Å²) in [7, 11) is 0. The zero-order valence-corrected chi connectivity index (χ0v) is 15.3. The van der Waals surface area contributed by atoms with Crippen LogP contribution in [0.15, 0.2) is 72.8 Å². The van der Waals surface area contributed by atoms with Gasteiger partial charge in [0.1, 0.15) is 5.75 Å². The average molecular weight is 366 g/mol. The van der Waals surface area contributed by atoms with Crippen molar-refractivity contribution in [1.29, 1.82) is 0 Å². The van der Waals surface area contributed by atoms with Crippen LogP contribution in [0.1, 0.15) is 15.9 Å². The molecule has 0 aliphatic carbocycles. The van der Waals surface area contributed by atoms with Gasteiger partial charge in [-0.25, -0.2) is 0 Å². The Balaban J connectivity index is 1.63. The van der Waals surface area contributed by atoms with E-state index in [0.29, 0.717) is 5.69 Å². The fourth-order valence-corrected chi connectivity index (χ4v) is 3.78. The molecule has 0 radical (unpaired) electrons. The highest BCUT2D eigenvalue weighted by atomic mass is 16.3. The Morgan fingerprint density at radius 3 is 2.61 bits per heavy atom. The van der Waals surface area contributed by atoms with Crippen LogP contribution in [0.3, 0.4) is 0 Å². The number of nitrogens with one attached hydrogen (secondary N) is 2. The standard InChI is InChI=1S/C24H18N2O2/c1-14-5-4-6-16(11-14)25-24(28)20-12-15-9-10-18-17-7-2-3-8-21(17)26-23(18)19(15)13-22(20)27/h2-13,26-27H,1H3,(H,25,28). The molecule has 0 saturated heterocycles. The van der Waals surface area contributed by atoms with Gasteiger partial charge in [-0.1, -0.05) is 42.5 Å². The molecule has 4 aromatic carbocycles. The summed E-state index contributed by atoms with van der Waals surface area (Å²) in [4.78, 5) is 16.1. The predicted octanol–water partition coefficient (Wildman–Crippen LogP) is 5.74. The summed E-state index contributed by atoms with van der Waals surface area (Å²) in [6, 6.07) is 23.1. The molecule has 1 aromatic heterocycles. The number of amides is 1. The lowest BCUT2D eigenvalue weighted by Gasteiger charge is -2.09. The minimum Gasteiger partial charge on any atom is -0.507 e. The van der Waals surface area contributed by atoms with Crippen molar-refractivity contribution in [2.24, 2.45) is 0 Å². The van der Waals surface area contributed by atoms with Gasteiger partial charge < -0.3 is 15.4 Å². The van der Waals surface area contributed by atoms with E-state index in [0.717, 1.165) is 38.1 Å². The fourth-order valence-electron chi connectivity index (χ4n) is 3.78. The van der Waals surface area contributed by atoms with Crippen LogP contribution in [0.2, 0.25) is 0 Å². The zero-order chi connectivity index (χ0) is 19.3. The van der Waals surface area contributed by atoms with E-state index >= 15 is 0 Å². The van der Waals surface area contributed by atoms with Crippen molar-refractivity contribution in [3.63, 3.8) is 0 Å². The van der Waals surface area contributed by atoms with Crippen molar-refractivity contribution < 1.29 is 9.90 Å². The molecule has 0 aliphatic heterocycles. The van der Waals surface area contributed by atoms with E-state index in [1.165, 1.54) is 0 Å². The first-order valence-corrected chi connectivity index (χ1v) is 9.14. The molecule has 0 unspecified atom stereocenters. The lowest BCUT2D eigenvalue weighted by molar-refractivity contribution is 0.102. The third-order valence-corrected chi connectivity index (χ3v) is 5.13. The molecule has 1 amide bonds. The number of H-pyrrole nitrogens is 1. The summed E-state index contributed by atoms with van der Waals surface area (Å²) >= 11 is 0. The number of para-hydroxylation sites is 1. The van der Waals surface area contributed by atoms with Crippen LogP contribution in [-0.4, -0.2) is 16.0 Å². The Hall–Kier alpha value is -3.79. The van der Waals surface area contributed by atoms with Crippen molar-refractivity contribution in [3.8, 4) is 5.75 Å². The van der Waals surface area contributed by atoms with E-state index in [9.17, 15) is 9.90 Å². The lowest BCUT2D eigenvalue weighted by atomic mass is 10.0. The zero-order valence-electron chi connectivity index (χ0n) is 15.3. The van der Waals surface area contributed by atoms with E-state index in [1.807, 2.05) is 55.5 Å². The molecule has 0 fully saturated rings. The van der Waals surface area contributed by atoms with Gasteiger partial charge in [0.05, 0.1) is 11.1 Å². The van der Waals surface area contributed by atoms with Crippen molar-refractivity contribution in [3.05, 3.63) is 83.9 Å². The van der Waals surface area contributed by atoms with Crippen LogP contribution >= 0.6 is 0 Å². The van der Waals surface area contributed by atoms with E-state index in [1.54, 1.807) is 12.1 Å². The van der Waals surface area contributed by atoms with E-state index in [2.05, 4.69) is 22.4 Å². The number of aromatic hydroxyl groups is 1. The van der Waals surface area contributed by atoms with Crippen LogP contribution in [0.5, 0.6) is 5.75 Å². The highest BCUT2D eigenvalue weighted by Crippen LogP contribution is 2.34. The van der Waals surface area contributed by atoms with Crippen LogP contribution in [0, 0.1) is 6.92 Å². The van der Waals surface area contributed by atoms with Gasteiger partial charge in [0.2, 0.25) is 0 Å². The van der Waals surface area contributed by atoms with E-state index in [4.69, 9.17) is 0 Å². The molecule has 0 saturated carbocycles. The maximum Gasteiger partial charge on any atom is 0.259 e. The monoisotopic (exact) mass is 366 g/mol. The van der Waals surface area contributed by atoms with Crippen LogP contribution in [-0.2, 0) is 0 Å². The fraction of sp³-hybridized carbons (Fsp3) is 0.0417. The number of phenolic OH excluding ortho intramolecular Hbond substituents is 1. The maximum absolute atomic E-state index is 12.7. The predicted molar refractivity (Wildman–Crippen MR) is 114 cm³/mol. The number of benzene rings is 4. The Morgan fingerprint density at radius 2 is 1.75 bits per heavy atom. The molecular weight excluding hydrogens is 348 g/mol. The van der Waals surface area contributed by atoms with Gasteiger partial charge in [0.25, 0.3) is 5.91 Å². The van der Waals surface area contributed by atoms with Gasteiger partial charge in [0, 0.05) is 27.4 Å². The Morgan fingerprint density at radius 1 is 0.893 bits per heavy atom. The molecule has 5 aromatic rings. The van der Waals surface area contributed by atoms with Gasteiger partial charge >= 0.3 is 0 Å². The van der Waals surface area contributed by atoms with Crippen molar-refractivity contribution in [2.45, 2.75) is 6.92 Å². The molecule has 4 heteroatoms. The third kappa shape index (κ3) is 2.58. The second-order valence-electron chi connectivity index (χ2n) is 7.07. The number of fused-ring (bicyclic) bond motifs is 5. The average Bonchev–Trinajstić information content (AvgIpc) is 3.07. The Labute approximate surface area is 161 Å². The summed E-state index contributed by atoms with van der Waals surface area (Å²) < 4.78 is 0. The first kappa shape index (κ1) is 16.4. The first-order chi connectivity index (χ1) is 13.6. The molecule has 0 bridgehead atoms. The first-order valence-electron chi connectivity index (χ1n) is 9.14. The number of hydrogen-bond acceptors (Lipinski definition) is 2. The molecule has 0 spiro atoms.